The SMILES string of the molecule is C[C@]1(O)CCCC[C@@H]1[C@H]1CCCN1C(=O)Cc1ccn[nH]1. The molecule has 5 nitrogen and oxygen atoms in total. The number of likely N-dealkylation sites (tertiary alicyclic amines) is 1. The van der Waals surface area contributed by atoms with E-state index in [1.807, 2.05) is 17.9 Å². The molecule has 3 rings (SSSR count). The van der Waals surface area contributed by atoms with Gasteiger partial charge in [0.05, 0.1) is 12.0 Å². The zero-order valence-electron chi connectivity index (χ0n) is 12.7. The van der Waals surface area contributed by atoms with Crippen LogP contribution in [0.1, 0.15) is 51.1 Å². The van der Waals surface area contributed by atoms with Gasteiger partial charge in [-0.1, -0.05) is 12.8 Å². The first-order chi connectivity index (χ1) is 10.1. The molecule has 2 N–H and O–H groups in total. The lowest BCUT2D eigenvalue weighted by atomic mass is 9.72. The van der Waals surface area contributed by atoms with Gasteiger partial charge in [0.25, 0.3) is 0 Å². The number of aliphatic hydroxyl groups is 1. The molecule has 0 unspecified atom stereocenters. The second-order valence-corrected chi connectivity index (χ2v) is 6.76. The smallest absolute Gasteiger partial charge is 0.228 e. The van der Waals surface area contributed by atoms with Crippen molar-refractivity contribution in [1.82, 2.24) is 15.1 Å². The van der Waals surface area contributed by atoms with Crippen LogP contribution in [-0.2, 0) is 11.2 Å². The van der Waals surface area contributed by atoms with E-state index in [1.165, 1.54) is 6.42 Å². The number of nitrogens with zero attached hydrogens (tertiary/aromatic N) is 2. The number of hydrogen-bond donors (Lipinski definition) is 2. The number of aromatic nitrogens is 2. The molecule has 0 radical (unpaired) electrons. The van der Waals surface area contributed by atoms with Gasteiger partial charge in [0.15, 0.2) is 0 Å². The molecule has 0 bridgehead atoms. The fourth-order valence-electron chi connectivity index (χ4n) is 4.12. The third-order valence-corrected chi connectivity index (χ3v) is 5.23. The predicted molar refractivity (Wildman–Crippen MR) is 79.6 cm³/mol. The van der Waals surface area contributed by atoms with Crippen LogP contribution in [-0.4, -0.2) is 44.3 Å². The molecule has 5 heteroatoms. The highest BCUT2D eigenvalue weighted by molar-refractivity contribution is 5.79. The summed E-state index contributed by atoms with van der Waals surface area (Å²) in [6, 6.07) is 2.05. The van der Waals surface area contributed by atoms with Gasteiger partial charge < -0.3 is 10.0 Å². The van der Waals surface area contributed by atoms with E-state index < -0.39 is 5.60 Å². The Morgan fingerprint density at radius 2 is 2.33 bits per heavy atom. The Morgan fingerprint density at radius 3 is 3.05 bits per heavy atom. The van der Waals surface area contributed by atoms with E-state index in [0.29, 0.717) is 6.42 Å². The van der Waals surface area contributed by atoms with Crippen molar-refractivity contribution in [2.75, 3.05) is 6.54 Å². The highest BCUT2D eigenvalue weighted by Crippen LogP contribution is 2.40. The molecule has 1 aliphatic carbocycles. The van der Waals surface area contributed by atoms with Crippen LogP contribution >= 0.6 is 0 Å². The number of aromatic amines is 1. The maximum Gasteiger partial charge on any atom is 0.228 e. The van der Waals surface area contributed by atoms with Gasteiger partial charge in [-0.25, -0.2) is 0 Å². The summed E-state index contributed by atoms with van der Waals surface area (Å²) in [5.41, 5.74) is 0.237. The molecule has 0 spiro atoms. The van der Waals surface area contributed by atoms with E-state index in [1.54, 1.807) is 6.20 Å². The predicted octanol–water partition coefficient (Wildman–Crippen LogP) is 1.88. The van der Waals surface area contributed by atoms with Crippen molar-refractivity contribution in [3.05, 3.63) is 18.0 Å². The van der Waals surface area contributed by atoms with Crippen LogP contribution in [0.25, 0.3) is 0 Å². The normalized spacial score (nSPS) is 33.3. The van der Waals surface area contributed by atoms with Crippen LogP contribution in [0.3, 0.4) is 0 Å². The summed E-state index contributed by atoms with van der Waals surface area (Å²) >= 11 is 0. The molecule has 2 fully saturated rings. The lowest BCUT2D eigenvalue weighted by molar-refractivity contribution is -0.135. The first-order valence-electron chi connectivity index (χ1n) is 8.08. The lowest BCUT2D eigenvalue weighted by Crippen LogP contribution is -2.50. The van der Waals surface area contributed by atoms with Crippen LogP contribution < -0.4 is 0 Å². The van der Waals surface area contributed by atoms with Crippen molar-refractivity contribution in [2.24, 2.45) is 5.92 Å². The molecule has 21 heavy (non-hydrogen) atoms. The minimum Gasteiger partial charge on any atom is -0.390 e. The Balaban J connectivity index is 1.71. The zero-order chi connectivity index (χ0) is 14.9. The van der Waals surface area contributed by atoms with Gasteiger partial charge in [-0.3, -0.25) is 9.89 Å². The lowest BCUT2D eigenvalue weighted by Gasteiger charge is -2.43. The summed E-state index contributed by atoms with van der Waals surface area (Å²) < 4.78 is 0. The van der Waals surface area contributed by atoms with E-state index >= 15 is 0 Å². The van der Waals surface area contributed by atoms with Gasteiger partial charge in [0, 0.05) is 30.4 Å². The second-order valence-electron chi connectivity index (χ2n) is 6.76. The van der Waals surface area contributed by atoms with E-state index in [0.717, 1.165) is 44.3 Å². The van der Waals surface area contributed by atoms with Crippen molar-refractivity contribution in [3.63, 3.8) is 0 Å². The molecule has 3 atom stereocenters. The molecule has 1 aliphatic heterocycles. The van der Waals surface area contributed by atoms with Crippen molar-refractivity contribution in [3.8, 4) is 0 Å². The second kappa shape index (κ2) is 5.79. The molecule has 2 aliphatic rings. The van der Waals surface area contributed by atoms with E-state index in [4.69, 9.17) is 0 Å². The molecule has 1 aromatic heterocycles. The van der Waals surface area contributed by atoms with Crippen molar-refractivity contribution < 1.29 is 9.90 Å². The molecule has 116 valence electrons. The number of hydrogen-bond acceptors (Lipinski definition) is 3. The van der Waals surface area contributed by atoms with E-state index in [-0.39, 0.29) is 17.9 Å². The Labute approximate surface area is 125 Å². The Bertz CT molecular complexity index is 484. The summed E-state index contributed by atoms with van der Waals surface area (Å²) in [5.74, 6) is 0.377. The fraction of sp³-hybridized carbons (Fsp3) is 0.750. The molecule has 1 saturated heterocycles. The first kappa shape index (κ1) is 14.6. The van der Waals surface area contributed by atoms with Gasteiger partial charge in [-0.15, -0.1) is 0 Å². The third kappa shape index (κ3) is 2.98. The van der Waals surface area contributed by atoms with Crippen molar-refractivity contribution in [1.29, 1.82) is 0 Å². The molecule has 1 amide bonds. The molecule has 2 heterocycles. The minimum absolute atomic E-state index is 0.156. The standard InChI is InChI=1S/C16H25N3O2/c1-16(21)8-3-2-5-13(16)14-6-4-10-19(14)15(20)11-12-7-9-17-18-12/h7,9,13-14,21H,2-6,8,10-11H2,1H3,(H,17,18)/t13-,14-,16+/m1/s1. The van der Waals surface area contributed by atoms with E-state index in [9.17, 15) is 9.90 Å². The number of amides is 1. The topological polar surface area (TPSA) is 69.2 Å². The van der Waals surface area contributed by atoms with Gasteiger partial charge in [-0.05, 0) is 38.7 Å². The average Bonchev–Trinajstić information content (AvgIpc) is 3.08. The molecular weight excluding hydrogens is 266 g/mol. The third-order valence-electron chi connectivity index (χ3n) is 5.23. The summed E-state index contributed by atoms with van der Waals surface area (Å²) in [6.07, 6.45) is 8.28. The number of rotatable bonds is 3. The largest absolute Gasteiger partial charge is 0.390 e. The van der Waals surface area contributed by atoms with Gasteiger partial charge >= 0.3 is 0 Å². The van der Waals surface area contributed by atoms with Gasteiger partial charge in [-0.2, -0.15) is 5.10 Å². The number of carbonyl (C=O) groups is 1. The maximum atomic E-state index is 12.6. The number of carbonyl (C=O) groups excluding carboxylic acids is 1. The van der Waals surface area contributed by atoms with Crippen molar-refractivity contribution >= 4 is 5.91 Å². The molecule has 1 saturated carbocycles. The number of H-pyrrole nitrogens is 1. The highest BCUT2D eigenvalue weighted by atomic mass is 16.3. The number of nitrogens with one attached hydrogen (secondary N) is 1. The van der Waals surface area contributed by atoms with Gasteiger partial charge in [0.1, 0.15) is 0 Å². The average molecular weight is 291 g/mol. The van der Waals surface area contributed by atoms with Crippen LogP contribution in [0.2, 0.25) is 0 Å². The summed E-state index contributed by atoms with van der Waals surface area (Å²) in [4.78, 5) is 14.6. The fourth-order valence-corrected chi connectivity index (χ4v) is 4.12. The van der Waals surface area contributed by atoms with Gasteiger partial charge in [0.2, 0.25) is 5.91 Å². The van der Waals surface area contributed by atoms with Crippen LogP contribution in [0, 0.1) is 5.92 Å². The minimum atomic E-state index is -0.625. The molecule has 0 aromatic carbocycles. The Hall–Kier alpha value is -1.36. The van der Waals surface area contributed by atoms with Crippen molar-refractivity contribution in [2.45, 2.75) is 63.5 Å². The van der Waals surface area contributed by atoms with Crippen LogP contribution in [0.4, 0.5) is 0 Å². The molecular formula is C16H25N3O2. The quantitative estimate of drug-likeness (QED) is 0.893. The monoisotopic (exact) mass is 291 g/mol. The molecule has 1 aromatic rings. The highest BCUT2D eigenvalue weighted by Gasteiger charge is 2.44. The Morgan fingerprint density at radius 1 is 1.48 bits per heavy atom. The summed E-state index contributed by atoms with van der Waals surface area (Å²) in [7, 11) is 0. The summed E-state index contributed by atoms with van der Waals surface area (Å²) in [5, 5.41) is 17.5. The van der Waals surface area contributed by atoms with Crippen LogP contribution in [0.15, 0.2) is 12.3 Å². The maximum absolute atomic E-state index is 12.6. The first-order valence-corrected chi connectivity index (χ1v) is 8.08. The van der Waals surface area contributed by atoms with Crippen LogP contribution in [0.5, 0.6) is 0 Å². The zero-order valence-corrected chi connectivity index (χ0v) is 12.7. The van der Waals surface area contributed by atoms with E-state index in [2.05, 4.69) is 10.2 Å². The Kier molecular flexibility index (Phi) is 4.02. The summed E-state index contributed by atoms with van der Waals surface area (Å²) in [6.45, 7) is 2.77.